The van der Waals surface area contributed by atoms with Gasteiger partial charge in [-0.1, -0.05) is 19.9 Å². The van der Waals surface area contributed by atoms with Crippen molar-refractivity contribution in [2.24, 2.45) is 0 Å². The lowest BCUT2D eigenvalue weighted by atomic mass is 9.96. The third-order valence-corrected chi connectivity index (χ3v) is 11.6. The first-order valence-electron chi connectivity index (χ1n) is 22.6. The van der Waals surface area contributed by atoms with Gasteiger partial charge in [0.25, 0.3) is 0 Å². The van der Waals surface area contributed by atoms with Crippen molar-refractivity contribution < 1.29 is 78.7 Å². The van der Waals surface area contributed by atoms with Gasteiger partial charge in [-0.05, 0) is 100.0 Å². The Labute approximate surface area is 395 Å². The molecule has 2 aliphatic rings. The van der Waals surface area contributed by atoms with Crippen LogP contribution in [0.1, 0.15) is 97.7 Å². The second-order valence-corrected chi connectivity index (χ2v) is 17.4. The van der Waals surface area contributed by atoms with Gasteiger partial charge in [-0.3, -0.25) is 0 Å². The zero-order valence-electron chi connectivity index (χ0n) is 38.4. The predicted octanol–water partition coefficient (Wildman–Crippen LogP) is 5.81. The third-order valence-electron chi connectivity index (χ3n) is 11.6. The van der Waals surface area contributed by atoms with Crippen LogP contribution in [-0.2, 0) is 114 Å². The summed E-state index contributed by atoms with van der Waals surface area (Å²) < 4.78 is 47.8. The average Bonchev–Trinajstić information content (AvgIpc) is 4.30. The smallest absolute Gasteiger partial charge is 0.130 e. The maximum atomic E-state index is 11.5. The van der Waals surface area contributed by atoms with E-state index in [2.05, 4.69) is 0 Å². The van der Waals surface area contributed by atoms with Crippen molar-refractivity contribution in [2.75, 3.05) is 26.4 Å². The highest BCUT2D eigenvalue weighted by molar-refractivity contribution is 5.48. The van der Waals surface area contributed by atoms with E-state index in [1.165, 1.54) is 6.07 Å². The molecule has 5 aromatic rings. The molecule has 16 nitrogen and oxygen atoms in total. The van der Waals surface area contributed by atoms with Crippen LogP contribution in [0.3, 0.4) is 0 Å². The largest absolute Gasteiger partial charge is 0.508 e. The lowest BCUT2D eigenvalue weighted by Crippen LogP contribution is -2.11. The number of aliphatic hydroxyl groups excluding tert-OH is 5. The van der Waals surface area contributed by atoms with Crippen LogP contribution in [0.5, 0.6) is 28.7 Å². The van der Waals surface area contributed by atoms with Crippen LogP contribution >= 0.6 is 0 Å². The van der Waals surface area contributed by atoms with E-state index < -0.39 is 0 Å². The number of rotatable bonds is 28. The summed E-state index contributed by atoms with van der Waals surface area (Å²) in [6.45, 7) is 4.61. The standard InChI is InChI=1S/C52H62O16/c1-31(2)47-13-36(18-57)8-40(50(47)60)22-64-26-44-12-35(17-56)11-43(52(44)68-30-46-28-66-46)25-63-21-39-7-33(15-54)6-38(49(39)59)20-62-24-42-10-34(16-55)9-41(51(42)67-29-45-27-65-45)23-61-19-37-5-32(14-53)3-4-48(37)58/h3-13,31,45-46,53-60H,14-30H2,1-2H3. The Morgan fingerprint density at radius 1 is 0.441 bits per heavy atom. The van der Waals surface area contributed by atoms with Gasteiger partial charge in [0.1, 0.15) is 54.2 Å². The van der Waals surface area contributed by atoms with E-state index in [4.69, 9.17) is 37.9 Å². The average molecular weight is 943 g/mol. The van der Waals surface area contributed by atoms with Gasteiger partial charge >= 0.3 is 0 Å². The summed E-state index contributed by atoms with van der Waals surface area (Å²) in [6.07, 6.45) is -0.115. The maximum Gasteiger partial charge on any atom is 0.130 e. The Kier molecular flexibility index (Phi) is 18.0. The van der Waals surface area contributed by atoms with Crippen LogP contribution in [0.2, 0.25) is 0 Å². The van der Waals surface area contributed by atoms with Crippen molar-refractivity contribution in [3.05, 3.63) is 145 Å². The number of epoxide rings is 2. The summed E-state index contributed by atoms with van der Waals surface area (Å²) in [5, 5.41) is 82.9. The van der Waals surface area contributed by atoms with Gasteiger partial charge in [0.2, 0.25) is 0 Å². The highest BCUT2D eigenvalue weighted by atomic mass is 16.6. The fraction of sp³-hybridized carbons (Fsp3) is 0.423. The van der Waals surface area contributed by atoms with Crippen molar-refractivity contribution in [3.8, 4) is 28.7 Å². The number of phenolic OH excluding ortho intramolecular Hbond substituents is 3. The molecule has 0 aliphatic carbocycles. The molecule has 5 aromatic carbocycles. The van der Waals surface area contributed by atoms with Gasteiger partial charge in [0, 0.05) is 44.5 Å². The van der Waals surface area contributed by atoms with Gasteiger partial charge in [0.05, 0.1) is 99.1 Å². The van der Waals surface area contributed by atoms with Gasteiger partial charge in [-0.25, -0.2) is 0 Å². The Bertz CT molecular complexity index is 2460. The molecule has 0 saturated carbocycles. The van der Waals surface area contributed by atoms with Gasteiger partial charge in [-0.2, -0.15) is 0 Å². The van der Waals surface area contributed by atoms with Crippen LogP contribution in [0.15, 0.2) is 66.7 Å². The minimum Gasteiger partial charge on any atom is -0.508 e. The Morgan fingerprint density at radius 2 is 0.765 bits per heavy atom. The molecule has 366 valence electrons. The molecule has 2 aliphatic heterocycles. The fourth-order valence-electron chi connectivity index (χ4n) is 7.83. The summed E-state index contributed by atoms with van der Waals surface area (Å²) in [7, 11) is 0. The highest BCUT2D eigenvalue weighted by Gasteiger charge is 2.26. The number of benzene rings is 5. The van der Waals surface area contributed by atoms with E-state index >= 15 is 0 Å². The van der Waals surface area contributed by atoms with E-state index in [1.54, 1.807) is 60.7 Å². The summed E-state index contributed by atoms with van der Waals surface area (Å²) in [6, 6.07) is 18.7. The first kappa shape index (κ1) is 50.5. The molecule has 2 unspecified atom stereocenters. The molecule has 16 heteroatoms. The van der Waals surface area contributed by atoms with E-state index in [0.29, 0.717) is 103 Å². The lowest BCUT2D eigenvalue weighted by Gasteiger charge is -2.19. The third kappa shape index (κ3) is 13.7. The minimum atomic E-state index is -0.310. The zero-order valence-corrected chi connectivity index (χ0v) is 38.4. The molecule has 68 heavy (non-hydrogen) atoms. The Balaban J connectivity index is 1.04. The van der Waals surface area contributed by atoms with Gasteiger partial charge in [0.15, 0.2) is 0 Å². The predicted molar refractivity (Wildman–Crippen MR) is 245 cm³/mol. The highest BCUT2D eigenvalue weighted by Crippen LogP contribution is 2.35. The second kappa shape index (κ2) is 24.3. The number of hydrogen-bond acceptors (Lipinski definition) is 16. The summed E-state index contributed by atoms with van der Waals surface area (Å²) in [4.78, 5) is 0. The van der Waals surface area contributed by atoms with Crippen molar-refractivity contribution in [1.82, 2.24) is 0 Å². The molecule has 0 spiro atoms. The van der Waals surface area contributed by atoms with Crippen molar-refractivity contribution >= 4 is 0 Å². The quantitative estimate of drug-likeness (QED) is 0.0276. The molecule has 7 rings (SSSR count). The molecule has 0 aromatic heterocycles. The Morgan fingerprint density at radius 3 is 1.13 bits per heavy atom. The number of hydrogen-bond donors (Lipinski definition) is 8. The number of aromatic hydroxyl groups is 3. The van der Waals surface area contributed by atoms with E-state index in [-0.39, 0.29) is 134 Å². The van der Waals surface area contributed by atoms with E-state index in [9.17, 15) is 40.9 Å². The van der Waals surface area contributed by atoms with E-state index in [0.717, 1.165) is 0 Å². The van der Waals surface area contributed by atoms with Crippen LogP contribution in [0.25, 0.3) is 0 Å². The SMILES string of the molecule is CC(C)c1cc(CO)cc(COCc2cc(CO)cc(COCc3cc(CO)cc(COCc4cc(CO)cc(COCc5cc(CO)ccc5O)c4OCC4CO4)c3O)c2OCC2CO2)c1O. The summed E-state index contributed by atoms with van der Waals surface area (Å²) in [5.74, 6) is 1.09. The molecule has 2 atom stereocenters. The van der Waals surface area contributed by atoms with Crippen molar-refractivity contribution in [1.29, 1.82) is 0 Å². The van der Waals surface area contributed by atoms with Crippen LogP contribution in [0.4, 0.5) is 0 Å². The zero-order chi connectivity index (χ0) is 48.2. The topological polar surface area (TPSA) is 242 Å². The number of ether oxygens (including phenoxy) is 8. The van der Waals surface area contributed by atoms with Gasteiger partial charge in [-0.15, -0.1) is 0 Å². The van der Waals surface area contributed by atoms with E-state index in [1.807, 2.05) is 13.8 Å². The second-order valence-electron chi connectivity index (χ2n) is 17.4. The monoisotopic (exact) mass is 942 g/mol. The molecule has 8 N–H and O–H groups in total. The summed E-state index contributed by atoms with van der Waals surface area (Å²) >= 11 is 0. The first-order chi connectivity index (χ1) is 33.0. The fourth-order valence-corrected chi connectivity index (χ4v) is 7.83. The van der Waals surface area contributed by atoms with Crippen LogP contribution in [0, 0.1) is 0 Å². The molecular weight excluding hydrogens is 881 g/mol. The molecule has 0 radical (unpaired) electrons. The molecule has 0 bridgehead atoms. The molecular formula is C52H62O16. The minimum absolute atomic E-state index is 0.0194. The van der Waals surface area contributed by atoms with Crippen LogP contribution < -0.4 is 9.47 Å². The molecule has 0 amide bonds. The van der Waals surface area contributed by atoms with Crippen LogP contribution in [-0.4, -0.2) is 79.5 Å². The molecule has 2 saturated heterocycles. The van der Waals surface area contributed by atoms with Crippen molar-refractivity contribution in [3.63, 3.8) is 0 Å². The molecule has 2 heterocycles. The first-order valence-corrected chi connectivity index (χ1v) is 22.6. The van der Waals surface area contributed by atoms with Crippen molar-refractivity contribution in [2.45, 2.75) is 118 Å². The maximum absolute atomic E-state index is 11.5. The number of phenols is 3. The molecule has 2 fully saturated rings. The normalized spacial score (nSPS) is 15.3. The van der Waals surface area contributed by atoms with Gasteiger partial charge < -0.3 is 78.7 Å². The lowest BCUT2D eigenvalue weighted by molar-refractivity contribution is 0.0929. The Hall–Kier alpha value is -5.34. The summed E-state index contributed by atoms with van der Waals surface area (Å²) in [5.41, 5.74) is 8.11. The number of aliphatic hydroxyl groups is 5.